The minimum Gasteiger partial charge on any atom is -0.474 e. The second kappa shape index (κ2) is 7.20. The van der Waals surface area contributed by atoms with E-state index in [9.17, 15) is 19.7 Å². The minimum absolute atomic E-state index is 0.161. The maximum atomic E-state index is 11.6. The first-order chi connectivity index (χ1) is 9.88. The van der Waals surface area contributed by atoms with E-state index in [0.717, 1.165) is 0 Å². The Bertz CT molecular complexity index is 560. The van der Waals surface area contributed by atoms with E-state index in [1.807, 2.05) is 5.32 Å². The summed E-state index contributed by atoms with van der Waals surface area (Å²) in [5.74, 6) is -0.913. The van der Waals surface area contributed by atoms with Crippen molar-refractivity contribution in [2.24, 2.45) is 0 Å². The van der Waals surface area contributed by atoms with E-state index in [1.54, 1.807) is 0 Å². The Morgan fingerprint density at radius 3 is 2.67 bits per heavy atom. The predicted octanol–water partition coefficient (Wildman–Crippen LogP) is 0.310. The number of hydrogen-bond acceptors (Lipinski definition) is 6. The maximum Gasteiger partial charge on any atom is 0.321 e. The van der Waals surface area contributed by atoms with Gasteiger partial charge in [-0.3, -0.25) is 20.2 Å². The number of nitro benzene ring substituents is 1. The van der Waals surface area contributed by atoms with Crippen molar-refractivity contribution >= 4 is 17.6 Å². The largest absolute Gasteiger partial charge is 0.474 e. The molecule has 0 spiro atoms. The summed E-state index contributed by atoms with van der Waals surface area (Å²) in [5, 5.41) is 24.1. The summed E-state index contributed by atoms with van der Waals surface area (Å²) in [6.45, 7) is 1.01. The fraction of sp³-hybridized carbons (Fsp3) is 0.333. The normalized spacial score (nSPS) is 11.4. The van der Waals surface area contributed by atoms with Gasteiger partial charge in [-0.25, -0.2) is 4.79 Å². The molecule has 0 aromatic heterocycles. The average Bonchev–Trinajstić information content (AvgIpc) is 2.46. The molecule has 0 saturated heterocycles. The van der Waals surface area contributed by atoms with Crippen molar-refractivity contribution in [3.05, 3.63) is 33.9 Å². The van der Waals surface area contributed by atoms with E-state index < -0.39 is 23.0 Å². The van der Waals surface area contributed by atoms with E-state index in [0.29, 0.717) is 5.56 Å². The van der Waals surface area contributed by atoms with Gasteiger partial charge in [0.2, 0.25) is 0 Å². The first-order valence-corrected chi connectivity index (χ1v) is 5.96. The Kier molecular flexibility index (Phi) is 5.61. The SMILES string of the molecule is CNC(=O)NC(=O)C(C)Oc1cc(CO)ccc1[N+](=O)[O-]. The highest BCUT2D eigenvalue weighted by Gasteiger charge is 2.22. The minimum atomic E-state index is -1.13. The molecule has 21 heavy (non-hydrogen) atoms. The van der Waals surface area contributed by atoms with Gasteiger partial charge in [0.05, 0.1) is 11.5 Å². The quantitative estimate of drug-likeness (QED) is 0.529. The molecule has 0 bridgehead atoms. The number of hydrogen-bond donors (Lipinski definition) is 3. The predicted molar refractivity (Wildman–Crippen MR) is 71.7 cm³/mol. The average molecular weight is 297 g/mol. The van der Waals surface area contributed by atoms with Gasteiger partial charge in [-0.1, -0.05) is 0 Å². The van der Waals surface area contributed by atoms with E-state index in [2.05, 4.69) is 5.32 Å². The first kappa shape index (κ1) is 16.4. The summed E-state index contributed by atoms with van der Waals surface area (Å²) in [6, 6.07) is 3.10. The van der Waals surface area contributed by atoms with Crippen LogP contribution in [0.15, 0.2) is 18.2 Å². The summed E-state index contributed by atoms with van der Waals surface area (Å²) in [4.78, 5) is 32.9. The molecule has 0 radical (unpaired) electrons. The van der Waals surface area contributed by atoms with Gasteiger partial charge in [0.25, 0.3) is 5.91 Å². The maximum absolute atomic E-state index is 11.6. The fourth-order valence-electron chi connectivity index (χ4n) is 1.42. The Morgan fingerprint density at radius 1 is 1.48 bits per heavy atom. The van der Waals surface area contributed by atoms with Crippen molar-refractivity contribution < 1.29 is 24.4 Å². The van der Waals surface area contributed by atoms with Gasteiger partial charge in [-0.2, -0.15) is 0 Å². The molecule has 9 heteroatoms. The van der Waals surface area contributed by atoms with Gasteiger partial charge in [-0.05, 0) is 24.6 Å². The number of aliphatic hydroxyl groups is 1. The molecule has 1 aromatic rings. The number of imide groups is 1. The van der Waals surface area contributed by atoms with E-state index in [4.69, 9.17) is 9.84 Å². The molecule has 0 heterocycles. The molecule has 114 valence electrons. The van der Waals surface area contributed by atoms with E-state index in [-0.39, 0.29) is 18.0 Å². The van der Waals surface area contributed by atoms with Crippen LogP contribution in [-0.2, 0) is 11.4 Å². The molecule has 3 N–H and O–H groups in total. The Balaban J connectivity index is 2.92. The van der Waals surface area contributed by atoms with Crippen molar-refractivity contribution in [3.63, 3.8) is 0 Å². The monoisotopic (exact) mass is 297 g/mol. The zero-order valence-corrected chi connectivity index (χ0v) is 11.5. The summed E-state index contributed by atoms with van der Waals surface area (Å²) in [5.41, 5.74) is 0.0568. The zero-order valence-electron chi connectivity index (χ0n) is 11.5. The highest BCUT2D eigenvalue weighted by atomic mass is 16.6. The molecule has 0 saturated carbocycles. The molecule has 0 aliphatic heterocycles. The third-order valence-electron chi connectivity index (χ3n) is 2.54. The van der Waals surface area contributed by atoms with Crippen LogP contribution in [-0.4, -0.2) is 35.1 Å². The molecule has 0 aliphatic carbocycles. The van der Waals surface area contributed by atoms with Gasteiger partial charge < -0.3 is 15.2 Å². The number of aliphatic hydroxyl groups excluding tert-OH is 1. The van der Waals surface area contributed by atoms with Crippen LogP contribution in [0.25, 0.3) is 0 Å². The summed E-state index contributed by atoms with van der Waals surface area (Å²) >= 11 is 0. The number of benzene rings is 1. The Labute approximate surface area is 120 Å². The number of urea groups is 1. The van der Waals surface area contributed by atoms with Crippen LogP contribution in [0.4, 0.5) is 10.5 Å². The third-order valence-corrected chi connectivity index (χ3v) is 2.54. The number of nitrogens with one attached hydrogen (secondary N) is 2. The Morgan fingerprint density at radius 2 is 2.14 bits per heavy atom. The lowest BCUT2D eigenvalue weighted by Crippen LogP contribution is -2.44. The second-order valence-electron chi connectivity index (χ2n) is 4.05. The fourth-order valence-corrected chi connectivity index (χ4v) is 1.42. The van der Waals surface area contributed by atoms with Crippen LogP contribution in [0, 0.1) is 10.1 Å². The van der Waals surface area contributed by atoms with Crippen LogP contribution < -0.4 is 15.4 Å². The lowest BCUT2D eigenvalue weighted by atomic mass is 10.2. The number of carbonyl (C=O) groups excluding carboxylic acids is 2. The van der Waals surface area contributed by atoms with Crippen molar-refractivity contribution in [2.75, 3.05) is 7.05 Å². The molecule has 3 amide bonds. The van der Waals surface area contributed by atoms with E-state index in [1.165, 1.54) is 32.2 Å². The van der Waals surface area contributed by atoms with Crippen LogP contribution in [0.5, 0.6) is 5.75 Å². The second-order valence-corrected chi connectivity index (χ2v) is 4.05. The van der Waals surface area contributed by atoms with Crippen LogP contribution >= 0.6 is 0 Å². The molecule has 0 aliphatic rings. The van der Waals surface area contributed by atoms with Gasteiger partial charge in [-0.15, -0.1) is 0 Å². The third kappa shape index (κ3) is 4.42. The van der Waals surface area contributed by atoms with Crippen molar-refractivity contribution in [3.8, 4) is 5.75 Å². The summed E-state index contributed by atoms with van der Waals surface area (Å²) < 4.78 is 5.21. The molecule has 0 fully saturated rings. The topological polar surface area (TPSA) is 131 Å². The van der Waals surface area contributed by atoms with Crippen LogP contribution in [0.1, 0.15) is 12.5 Å². The van der Waals surface area contributed by atoms with Crippen molar-refractivity contribution in [1.82, 2.24) is 10.6 Å². The lowest BCUT2D eigenvalue weighted by molar-refractivity contribution is -0.386. The number of amides is 3. The molecule has 9 nitrogen and oxygen atoms in total. The lowest BCUT2D eigenvalue weighted by Gasteiger charge is -2.14. The van der Waals surface area contributed by atoms with Crippen molar-refractivity contribution in [2.45, 2.75) is 19.6 Å². The smallest absolute Gasteiger partial charge is 0.321 e. The molecule has 1 rings (SSSR count). The summed E-state index contributed by atoms with van der Waals surface area (Å²) in [7, 11) is 1.34. The van der Waals surface area contributed by atoms with Gasteiger partial charge >= 0.3 is 11.7 Å². The molecular weight excluding hydrogens is 282 g/mol. The van der Waals surface area contributed by atoms with E-state index >= 15 is 0 Å². The zero-order chi connectivity index (χ0) is 16.0. The molecule has 1 aromatic carbocycles. The van der Waals surface area contributed by atoms with Crippen molar-refractivity contribution in [1.29, 1.82) is 0 Å². The van der Waals surface area contributed by atoms with Crippen LogP contribution in [0.2, 0.25) is 0 Å². The van der Waals surface area contributed by atoms with Gasteiger partial charge in [0.1, 0.15) is 0 Å². The number of nitro groups is 1. The molecular formula is C12H15N3O6. The molecule has 1 atom stereocenters. The highest BCUT2D eigenvalue weighted by molar-refractivity contribution is 5.96. The first-order valence-electron chi connectivity index (χ1n) is 5.96. The number of nitrogens with zero attached hydrogens (tertiary/aromatic N) is 1. The van der Waals surface area contributed by atoms with Crippen LogP contribution in [0.3, 0.4) is 0 Å². The Hall–Kier alpha value is -2.68. The van der Waals surface area contributed by atoms with Gasteiger partial charge in [0.15, 0.2) is 11.9 Å². The molecule has 1 unspecified atom stereocenters. The standard InChI is InChI=1S/C12H15N3O6/c1-7(11(17)14-12(18)13-2)21-10-5-8(6-16)3-4-9(10)15(19)20/h3-5,7,16H,6H2,1-2H3,(H2,13,14,17,18). The number of ether oxygens (including phenoxy) is 1. The summed E-state index contributed by atoms with van der Waals surface area (Å²) in [6.07, 6.45) is -1.13. The van der Waals surface area contributed by atoms with Gasteiger partial charge in [0, 0.05) is 13.1 Å². The highest BCUT2D eigenvalue weighted by Crippen LogP contribution is 2.28. The number of carbonyl (C=O) groups is 2. The number of rotatable bonds is 5.